The number of nitrogens with zero attached hydrogens (tertiary/aromatic N) is 2. The molecule has 1 amide bonds. The van der Waals surface area contributed by atoms with Gasteiger partial charge in [0.2, 0.25) is 0 Å². The number of aliphatic imine (C=N–C) groups is 1. The first-order chi connectivity index (χ1) is 12.3. The van der Waals surface area contributed by atoms with Crippen LogP contribution >= 0.6 is 0 Å². The Kier molecular flexibility index (Phi) is 7.02. The molecular formula is C18H28N4O3S. The molecule has 0 radical (unpaired) electrons. The van der Waals surface area contributed by atoms with Gasteiger partial charge in [-0.2, -0.15) is 0 Å². The summed E-state index contributed by atoms with van der Waals surface area (Å²) >= 11 is 0. The van der Waals surface area contributed by atoms with E-state index in [2.05, 4.69) is 15.6 Å². The number of rotatable bonds is 6. The van der Waals surface area contributed by atoms with Gasteiger partial charge in [0.15, 0.2) is 15.8 Å². The Hall–Kier alpha value is -2.09. The molecule has 2 rings (SSSR count). The molecule has 144 valence electrons. The van der Waals surface area contributed by atoms with Gasteiger partial charge in [-0.3, -0.25) is 9.79 Å². The second kappa shape index (κ2) is 9.02. The van der Waals surface area contributed by atoms with Gasteiger partial charge >= 0.3 is 0 Å². The zero-order valence-corrected chi connectivity index (χ0v) is 16.5. The van der Waals surface area contributed by atoms with E-state index in [4.69, 9.17) is 0 Å². The molecule has 1 aromatic rings. The second-order valence-corrected chi connectivity index (χ2v) is 8.88. The average molecular weight is 381 g/mol. The summed E-state index contributed by atoms with van der Waals surface area (Å²) in [5, 5.41) is 6.35. The maximum Gasteiger partial charge on any atom is 0.253 e. The lowest BCUT2D eigenvalue weighted by atomic mass is 10.1. The molecule has 2 N–H and O–H groups in total. The third kappa shape index (κ3) is 6.01. The van der Waals surface area contributed by atoms with Gasteiger partial charge in [-0.05, 0) is 37.5 Å². The lowest BCUT2D eigenvalue weighted by Gasteiger charge is -2.16. The molecule has 0 bridgehead atoms. The number of carbonyl (C=O) groups excluding carboxylic acids is 1. The smallest absolute Gasteiger partial charge is 0.253 e. The van der Waals surface area contributed by atoms with Crippen LogP contribution in [0, 0.1) is 0 Å². The summed E-state index contributed by atoms with van der Waals surface area (Å²) in [7, 11) is 0.545. The van der Waals surface area contributed by atoms with Gasteiger partial charge in [-0.1, -0.05) is 12.1 Å². The minimum absolute atomic E-state index is 0.0206. The molecule has 1 aromatic carbocycles. The van der Waals surface area contributed by atoms with E-state index in [-0.39, 0.29) is 23.5 Å². The van der Waals surface area contributed by atoms with Crippen LogP contribution in [0.2, 0.25) is 0 Å². The monoisotopic (exact) mass is 380 g/mol. The number of carbonyl (C=O) groups is 1. The highest BCUT2D eigenvalue weighted by molar-refractivity contribution is 7.91. The number of hydrogen-bond donors (Lipinski definition) is 2. The van der Waals surface area contributed by atoms with E-state index >= 15 is 0 Å². The standard InChI is InChI=1S/C18H28N4O3S/c1-4-19-18(21-16-9-11-26(24,25)13-16)20-10-8-14-6-5-7-15(12-14)17(23)22(2)3/h5-7,12,16H,4,8-11,13H2,1-3H3,(H2,19,20,21). The fourth-order valence-corrected chi connectivity index (χ4v) is 4.51. The van der Waals surface area contributed by atoms with Crippen molar-refractivity contribution < 1.29 is 13.2 Å². The van der Waals surface area contributed by atoms with Gasteiger partial charge in [0.25, 0.3) is 5.91 Å². The molecule has 1 unspecified atom stereocenters. The van der Waals surface area contributed by atoms with Crippen LogP contribution in [-0.2, 0) is 16.3 Å². The number of nitrogens with one attached hydrogen (secondary N) is 2. The number of sulfone groups is 1. The van der Waals surface area contributed by atoms with Crippen LogP contribution < -0.4 is 10.6 Å². The van der Waals surface area contributed by atoms with Gasteiger partial charge in [-0.25, -0.2) is 8.42 Å². The van der Waals surface area contributed by atoms with E-state index in [1.807, 2.05) is 25.1 Å². The van der Waals surface area contributed by atoms with Crippen molar-refractivity contribution in [3.63, 3.8) is 0 Å². The maximum atomic E-state index is 12.0. The molecule has 0 aromatic heterocycles. The number of amides is 1. The third-order valence-electron chi connectivity index (χ3n) is 4.17. The third-order valence-corrected chi connectivity index (χ3v) is 5.94. The molecule has 7 nitrogen and oxygen atoms in total. The number of guanidine groups is 1. The summed E-state index contributed by atoms with van der Waals surface area (Å²) in [6, 6.07) is 7.47. The van der Waals surface area contributed by atoms with E-state index in [0.717, 1.165) is 5.56 Å². The lowest BCUT2D eigenvalue weighted by Crippen LogP contribution is -2.44. The Morgan fingerprint density at radius 3 is 2.73 bits per heavy atom. The Morgan fingerprint density at radius 2 is 2.12 bits per heavy atom. The van der Waals surface area contributed by atoms with Crippen LogP contribution in [0.4, 0.5) is 0 Å². The minimum atomic E-state index is -2.92. The average Bonchev–Trinajstić information content (AvgIpc) is 2.93. The topological polar surface area (TPSA) is 90.9 Å². The molecule has 0 saturated carbocycles. The maximum absolute atomic E-state index is 12.0. The summed E-state index contributed by atoms with van der Waals surface area (Å²) in [5.41, 5.74) is 1.71. The summed E-state index contributed by atoms with van der Waals surface area (Å²) in [6.45, 7) is 3.23. The van der Waals surface area contributed by atoms with E-state index in [1.54, 1.807) is 25.1 Å². The predicted octanol–water partition coefficient (Wildman–Crippen LogP) is 0.673. The zero-order chi connectivity index (χ0) is 19.2. The van der Waals surface area contributed by atoms with Crippen molar-refractivity contribution in [1.82, 2.24) is 15.5 Å². The summed E-state index contributed by atoms with van der Waals surface area (Å²) in [6.07, 6.45) is 1.32. The van der Waals surface area contributed by atoms with Crippen LogP contribution in [-0.4, -0.2) is 69.9 Å². The molecule has 0 aliphatic carbocycles. The Bertz CT molecular complexity index is 759. The zero-order valence-electron chi connectivity index (χ0n) is 15.7. The largest absolute Gasteiger partial charge is 0.357 e. The lowest BCUT2D eigenvalue weighted by molar-refractivity contribution is 0.0827. The molecule has 1 saturated heterocycles. The first kappa shape index (κ1) is 20.2. The first-order valence-electron chi connectivity index (χ1n) is 8.86. The van der Waals surface area contributed by atoms with Crippen LogP contribution in [0.15, 0.2) is 29.3 Å². The molecule has 1 atom stereocenters. The van der Waals surface area contributed by atoms with Gasteiger partial charge in [0.05, 0.1) is 11.5 Å². The number of hydrogen-bond acceptors (Lipinski definition) is 4. The highest BCUT2D eigenvalue weighted by atomic mass is 32.2. The van der Waals surface area contributed by atoms with Gasteiger partial charge in [0, 0.05) is 38.8 Å². The quantitative estimate of drug-likeness (QED) is 0.559. The van der Waals surface area contributed by atoms with E-state index in [9.17, 15) is 13.2 Å². The van der Waals surface area contributed by atoms with Gasteiger partial charge in [0.1, 0.15) is 0 Å². The van der Waals surface area contributed by atoms with Crippen molar-refractivity contribution >= 4 is 21.7 Å². The molecule has 1 aliphatic heterocycles. The molecule has 1 aliphatic rings. The molecule has 0 spiro atoms. The first-order valence-corrected chi connectivity index (χ1v) is 10.7. The summed E-state index contributed by atoms with van der Waals surface area (Å²) in [4.78, 5) is 18.1. The number of benzene rings is 1. The molecule has 8 heteroatoms. The Morgan fingerprint density at radius 1 is 1.35 bits per heavy atom. The molecule has 26 heavy (non-hydrogen) atoms. The molecular weight excluding hydrogens is 352 g/mol. The van der Waals surface area contributed by atoms with Gasteiger partial charge < -0.3 is 15.5 Å². The fourth-order valence-electron chi connectivity index (χ4n) is 2.84. The summed E-state index contributed by atoms with van der Waals surface area (Å²) in [5.74, 6) is 1.01. The van der Waals surface area contributed by atoms with Crippen molar-refractivity contribution in [3.05, 3.63) is 35.4 Å². The Balaban J connectivity index is 1.95. The van der Waals surface area contributed by atoms with Crippen LogP contribution in [0.1, 0.15) is 29.3 Å². The highest BCUT2D eigenvalue weighted by Crippen LogP contribution is 2.11. The molecule has 1 fully saturated rings. The minimum Gasteiger partial charge on any atom is -0.357 e. The normalized spacial score (nSPS) is 19.2. The van der Waals surface area contributed by atoms with Crippen LogP contribution in [0.5, 0.6) is 0 Å². The van der Waals surface area contributed by atoms with Crippen molar-refractivity contribution in [2.24, 2.45) is 4.99 Å². The van der Waals surface area contributed by atoms with Crippen molar-refractivity contribution in [3.8, 4) is 0 Å². The fraction of sp³-hybridized carbons (Fsp3) is 0.556. The van der Waals surface area contributed by atoms with Crippen molar-refractivity contribution in [2.75, 3.05) is 38.7 Å². The van der Waals surface area contributed by atoms with Crippen molar-refractivity contribution in [2.45, 2.75) is 25.8 Å². The van der Waals surface area contributed by atoms with Crippen LogP contribution in [0.3, 0.4) is 0 Å². The SMILES string of the molecule is CCNC(=NCCc1cccc(C(=O)N(C)C)c1)NC1CCS(=O)(=O)C1. The highest BCUT2D eigenvalue weighted by Gasteiger charge is 2.28. The van der Waals surface area contributed by atoms with E-state index < -0.39 is 9.84 Å². The van der Waals surface area contributed by atoms with Crippen LogP contribution in [0.25, 0.3) is 0 Å². The predicted molar refractivity (Wildman–Crippen MR) is 104 cm³/mol. The second-order valence-electron chi connectivity index (χ2n) is 6.65. The van der Waals surface area contributed by atoms with Crippen molar-refractivity contribution in [1.29, 1.82) is 0 Å². The summed E-state index contributed by atoms with van der Waals surface area (Å²) < 4.78 is 23.2. The van der Waals surface area contributed by atoms with Gasteiger partial charge in [-0.15, -0.1) is 0 Å². The molecule has 1 heterocycles. The Labute approximate surface area is 155 Å². The van der Waals surface area contributed by atoms with E-state index in [1.165, 1.54) is 0 Å². The van der Waals surface area contributed by atoms with E-state index in [0.29, 0.717) is 37.5 Å².